The second-order valence-corrected chi connectivity index (χ2v) is 8.95. The molecule has 2 aromatic rings. The van der Waals surface area contributed by atoms with Crippen LogP contribution >= 0.6 is 9.47 Å². The number of ether oxygens (including phenoxy) is 2. The highest BCUT2D eigenvalue weighted by atomic mass is 31.0. The van der Waals surface area contributed by atoms with Crippen LogP contribution in [-0.4, -0.2) is 49.8 Å². The van der Waals surface area contributed by atoms with E-state index >= 15 is 0 Å². The number of aromatic nitrogens is 4. The first-order chi connectivity index (χ1) is 16.9. The van der Waals surface area contributed by atoms with Gasteiger partial charge in [0.1, 0.15) is 11.8 Å². The van der Waals surface area contributed by atoms with E-state index in [0.717, 1.165) is 0 Å². The van der Waals surface area contributed by atoms with Crippen molar-refractivity contribution < 1.29 is 23.2 Å². The molecule has 12 heteroatoms. The summed E-state index contributed by atoms with van der Waals surface area (Å²) < 4.78 is 30.5. The second kappa shape index (κ2) is 16.4. The number of imidazole rings is 1. The number of anilines is 1. The molecule has 3 heterocycles. The molecular formula is C24H42FN6O4P. The van der Waals surface area contributed by atoms with E-state index in [2.05, 4.69) is 62.8 Å². The van der Waals surface area contributed by atoms with Gasteiger partial charge in [0.15, 0.2) is 22.6 Å². The maximum Gasteiger partial charge on any atom is 0.325 e. The zero-order chi connectivity index (χ0) is 27.9. The predicted molar refractivity (Wildman–Crippen MR) is 143 cm³/mol. The van der Waals surface area contributed by atoms with Crippen LogP contribution in [0, 0.1) is 18.4 Å². The molecule has 0 aromatic carbocycles. The van der Waals surface area contributed by atoms with Gasteiger partial charge in [0.25, 0.3) is 0 Å². The van der Waals surface area contributed by atoms with E-state index in [9.17, 15) is 9.18 Å². The highest BCUT2D eigenvalue weighted by molar-refractivity contribution is 7.09. The first kappa shape index (κ1) is 33.6. The Kier molecular flexibility index (Phi) is 15.3. The summed E-state index contributed by atoms with van der Waals surface area (Å²) in [5.41, 5.74) is 9.98. The molecule has 2 aromatic heterocycles. The van der Waals surface area contributed by atoms with Gasteiger partial charge in [-0.3, -0.25) is 9.36 Å². The molecule has 0 radical (unpaired) electrons. The molecule has 3 atom stereocenters. The summed E-state index contributed by atoms with van der Waals surface area (Å²) in [5.74, 6) is 2.25. The molecule has 0 saturated carbocycles. The Hall–Kier alpha value is -2.38. The van der Waals surface area contributed by atoms with Crippen LogP contribution in [0.5, 0.6) is 0 Å². The molecule has 1 aliphatic heterocycles. The van der Waals surface area contributed by atoms with Crippen molar-refractivity contribution in [2.75, 3.05) is 18.9 Å². The van der Waals surface area contributed by atoms with Crippen LogP contribution in [0.4, 0.5) is 10.2 Å². The van der Waals surface area contributed by atoms with Crippen molar-refractivity contribution in [1.29, 1.82) is 0 Å². The second-order valence-electron chi connectivity index (χ2n) is 8.62. The number of hydrogen-bond acceptors (Lipinski definition) is 9. The molecule has 1 saturated heterocycles. The molecule has 4 N–H and O–H groups in total. The van der Waals surface area contributed by atoms with Crippen LogP contribution in [0.2, 0.25) is 0 Å². The number of fused-ring (bicyclic) bond motifs is 1. The van der Waals surface area contributed by atoms with Crippen LogP contribution in [-0.2, 0) is 18.8 Å². The lowest BCUT2D eigenvalue weighted by atomic mass is 10.0. The molecule has 3 unspecified atom stereocenters. The van der Waals surface area contributed by atoms with Gasteiger partial charge in [-0.25, -0.2) is 4.98 Å². The number of hydrogen-bond donors (Lipinski definition) is 2. The van der Waals surface area contributed by atoms with Gasteiger partial charge in [-0.05, 0) is 33.6 Å². The van der Waals surface area contributed by atoms with Gasteiger partial charge in [-0.15, -0.1) is 6.42 Å². The predicted octanol–water partition coefficient (Wildman–Crippen LogP) is 4.15. The molecule has 204 valence electrons. The fourth-order valence-corrected chi connectivity index (χ4v) is 3.03. The molecule has 1 fully saturated rings. The monoisotopic (exact) mass is 528 g/mol. The Morgan fingerprint density at radius 3 is 2.36 bits per heavy atom. The number of terminal acetylenes is 1. The lowest BCUT2D eigenvalue weighted by molar-refractivity contribution is -0.148. The Bertz CT molecular complexity index is 974. The van der Waals surface area contributed by atoms with E-state index in [4.69, 9.17) is 27.2 Å². The van der Waals surface area contributed by atoms with E-state index < -0.39 is 23.4 Å². The van der Waals surface area contributed by atoms with E-state index in [-0.39, 0.29) is 24.0 Å². The molecule has 36 heavy (non-hydrogen) atoms. The minimum Gasteiger partial charge on any atom is -0.465 e. The van der Waals surface area contributed by atoms with Gasteiger partial charge < -0.3 is 25.5 Å². The molecule has 0 bridgehead atoms. The highest BCUT2D eigenvalue weighted by Gasteiger charge is 2.40. The molecular weight excluding hydrogens is 486 g/mol. The van der Waals surface area contributed by atoms with E-state index in [1.807, 2.05) is 0 Å². The summed E-state index contributed by atoms with van der Waals surface area (Å²) in [5, 5.41) is 0. The first-order valence-electron chi connectivity index (χ1n) is 12.0. The Balaban J connectivity index is 0.000000683. The van der Waals surface area contributed by atoms with Gasteiger partial charge in [0, 0.05) is 9.47 Å². The Labute approximate surface area is 216 Å². The summed E-state index contributed by atoms with van der Waals surface area (Å²) in [6.07, 6.45) is 9.47. The zero-order valence-electron chi connectivity index (χ0n) is 22.5. The fraction of sp³-hybridized carbons (Fsp3) is 0.667. The third kappa shape index (κ3) is 10.3. The van der Waals surface area contributed by atoms with Crippen molar-refractivity contribution >= 4 is 32.4 Å². The minimum absolute atomic E-state index is 0.00856. The summed E-state index contributed by atoms with van der Waals surface area (Å²) in [6, 6.07) is 0. The normalized spacial score (nSPS) is 18.5. The lowest BCUT2D eigenvalue weighted by Crippen LogP contribution is -2.42. The Morgan fingerprint density at radius 2 is 1.92 bits per heavy atom. The van der Waals surface area contributed by atoms with Gasteiger partial charge in [0.2, 0.25) is 0 Å². The zero-order valence-corrected chi connectivity index (χ0v) is 23.7. The highest BCUT2D eigenvalue weighted by Crippen LogP contribution is 2.38. The summed E-state index contributed by atoms with van der Waals surface area (Å²) in [4.78, 5) is 22.0. The van der Waals surface area contributed by atoms with Crippen LogP contribution < -0.4 is 11.5 Å². The quantitative estimate of drug-likeness (QED) is 0.253. The number of halogens is 1. The van der Waals surface area contributed by atoms with Crippen molar-refractivity contribution in [2.24, 2.45) is 5.73 Å². The topological polar surface area (TPSA) is 140 Å². The number of nitrogens with zero attached hydrogens (tertiary/aromatic N) is 4. The van der Waals surface area contributed by atoms with Gasteiger partial charge in [0.05, 0.1) is 19.5 Å². The number of carbonyl (C=O) groups excluding carboxylic acids is 1. The third-order valence-corrected chi connectivity index (χ3v) is 4.44. The lowest BCUT2D eigenvalue weighted by Gasteiger charge is -2.22. The number of esters is 1. The van der Waals surface area contributed by atoms with Crippen molar-refractivity contribution in [2.45, 2.75) is 91.5 Å². The summed E-state index contributed by atoms with van der Waals surface area (Å²) >= 11 is 0. The third-order valence-electron chi connectivity index (χ3n) is 4.27. The van der Waals surface area contributed by atoms with Crippen molar-refractivity contribution in [3.63, 3.8) is 0 Å². The molecule has 0 amide bonds. The number of nitrogen functional groups attached to an aromatic ring is 1. The fourth-order valence-electron chi connectivity index (χ4n) is 2.76. The number of nitrogens with two attached hydrogens (primary N) is 2. The minimum atomic E-state index is -0.906. The average molecular weight is 529 g/mol. The van der Waals surface area contributed by atoms with Gasteiger partial charge >= 0.3 is 12.0 Å². The summed E-state index contributed by atoms with van der Waals surface area (Å²) in [6.45, 7) is 14.1. The number of rotatable bonds is 5. The van der Waals surface area contributed by atoms with Crippen LogP contribution in [0.1, 0.15) is 80.4 Å². The standard InChI is InChI=1S/C12H13FN5O2P.C6H13NO2.2C3H8/c1-2-12(5-19-21)4-3-7(20-12)18-6-15-8-9(14)16-11(13)17-10(8)18;1-4-9-5(8)6(2,3)7;2*1-3-2/h1,6-7H,3-5,21H2,(H2,14,16,17);4,7H2,1-3H3;2*3H2,1-2H3. The van der Waals surface area contributed by atoms with Crippen LogP contribution in [0.15, 0.2) is 6.33 Å². The molecule has 3 rings (SSSR count). The van der Waals surface area contributed by atoms with Crippen molar-refractivity contribution in [3.05, 3.63) is 12.4 Å². The maximum atomic E-state index is 13.3. The molecule has 0 aliphatic carbocycles. The Morgan fingerprint density at radius 1 is 1.33 bits per heavy atom. The van der Waals surface area contributed by atoms with E-state index in [0.29, 0.717) is 25.0 Å². The van der Waals surface area contributed by atoms with Crippen molar-refractivity contribution in [1.82, 2.24) is 19.5 Å². The van der Waals surface area contributed by atoms with Crippen LogP contribution in [0.25, 0.3) is 11.2 Å². The number of carbonyl (C=O) groups is 1. The van der Waals surface area contributed by atoms with Gasteiger partial charge in [-0.2, -0.15) is 14.4 Å². The van der Waals surface area contributed by atoms with E-state index in [1.54, 1.807) is 25.3 Å². The van der Waals surface area contributed by atoms with Crippen molar-refractivity contribution in [3.8, 4) is 12.3 Å². The van der Waals surface area contributed by atoms with E-state index in [1.165, 1.54) is 19.2 Å². The maximum absolute atomic E-state index is 13.3. The first-order valence-corrected chi connectivity index (χ1v) is 12.5. The molecule has 0 spiro atoms. The van der Waals surface area contributed by atoms with Crippen LogP contribution in [0.3, 0.4) is 0 Å². The molecule has 10 nitrogen and oxygen atoms in total. The average Bonchev–Trinajstić information content (AvgIpc) is 3.40. The SMILES string of the molecule is C#CC1(COP)CCC(n2cnc3c(N)nc(F)nc32)O1.CCC.CCC.CCOC(=O)C(C)(C)N. The largest absolute Gasteiger partial charge is 0.465 e. The summed E-state index contributed by atoms with van der Waals surface area (Å²) in [7, 11) is 2.15. The van der Waals surface area contributed by atoms with Gasteiger partial charge in [-0.1, -0.05) is 46.5 Å². The smallest absolute Gasteiger partial charge is 0.325 e. The molecule has 1 aliphatic rings.